The monoisotopic (exact) mass is 283 g/mol. The lowest BCUT2D eigenvalue weighted by Crippen LogP contribution is -2.26. The van der Waals surface area contributed by atoms with Crippen LogP contribution in [0.25, 0.3) is 0 Å². The average Bonchev–Trinajstić information content (AvgIpc) is 2.38. The van der Waals surface area contributed by atoms with E-state index in [1.54, 1.807) is 19.2 Å². The zero-order chi connectivity index (χ0) is 14.3. The van der Waals surface area contributed by atoms with Gasteiger partial charge in [-0.05, 0) is 24.6 Å². The van der Waals surface area contributed by atoms with E-state index in [1.807, 2.05) is 13.0 Å². The third kappa shape index (κ3) is 5.21. The predicted octanol–water partition coefficient (Wildman–Crippen LogP) is 1.55. The summed E-state index contributed by atoms with van der Waals surface area (Å²) in [6, 6.07) is 5.25. The minimum absolute atomic E-state index is 0.0498. The maximum atomic E-state index is 11.8. The summed E-state index contributed by atoms with van der Waals surface area (Å²) in [5.74, 6) is 0.261. The fourth-order valence-electron chi connectivity index (χ4n) is 1.46. The second-order valence-corrected chi connectivity index (χ2v) is 4.99. The van der Waals surface area contributed by atoms with Crippen LogP contribution in [0.3, 0.4) is 0 Å². The lowest BCUT2D eigenvalue weighted by molar-refractivity contribution is -0.133. The number of thioether (sulfide) groups is 1. The summed E-state index contributed by atoms with van der Waals surface area (Å²) in [4.78, 5) is 22.1. The average molecular weight is 283 g/mol. The number of hydrogen-bond donors (Lipinski definition) is 2. The Morgan fingerprint density at radius 3 is 2.79 bits per heavy atom. The maximum absolute atomic E-state index is 11.8. The summed E-state index contributed by atoms with van der Waals surface area (Å²) in [6.07, 6.45) is 0. The maximum Gasteiger partial charge on any atom is 0.313 e. The fourth-order valence-corrected chi connectivity index (χ4v) is 2.02. The van der Waals surface area contributed by atoms with Crippen molar-refractivity contribution in [3.8, 4) is 5.75 Å². The Hall–Kier alpha value is -1.69. The molecule has 0 radical (unpaired) electrons. The Morgan fingerprint density at radius 1 is 1.42 bits per heavy atom. The molecular weight excluding hydrogens is 266 g/mol. The van der Waals surface area contributed by atoms with Crippen LogP contribution in [0.2, 0.25) is 0 Å². The highest BCUT2D eigenvalue weighted by atomic mass is 32.2. The molecular formula is C13H17NO4S. The van der Waals surface area contributed by atoms with E-state index in [9.17, 15) is 9.59 Å². The molecule has 0 fully saturated rings. The van der Waals surface area contributed by atoms with Crippen molar-refractivity contribution < 1.29 is 19.4 Å². The van der Waals surface area contributed by atoms with E-state index in [4.69, 9.17) is 9.84 Å². The van der Waals surface area contributed by atoms with Crippen molar-refractivity contribution in [1.82, 2.24) is 5.32 Å². The van der Waals surface area contributed by atoms with Gasteiger partial charge in [0.1, 0.15) is 5.75 Å². The first-order valence-corrected chi connectivity index (χ1v) is 6.92. The highest BCUT2D eigenvalue weighted by Gasteiger charge is 2.08. The van der Waals surface area contributed by atoms with Crippen LogP contribution in [0.4, 0.5) is 0 Å². The zero-order valence-corrected chi connectivity index (χ0v) is 11.8. The summed E-state index contributed by atoms with van der Waals surface area (Å²) >= 11 is 1.27. The van der Waals surface area contributed by atoms with Crippen LogP contribution >= 0.6 is 11.8 Å². The third-order valence-electron chi connectivity index (χ3n) is 2.43. The molecule has 0 unspecified atom stereocenters. The smallest absolute Gasteiger partial charge is 0.313 e. The van der Waals surface area contributed by atoms with Gasteiger partial charge in [-0.25, -0.2) is 0 Å². The van der Waals surface area contributed by atoms with Crippen LogP contribution in [0.5, 0.6) is 5.75 Å². The molecule has 0 aromatic heterocycles. The molecule has 5 nitrogen and oxygen atoms in total. The van der Waals surface area contributed by atoms with Crippen LogP contribution < -0.4 is 10.1 Å². The fraction of sp³-hybridized carbons (Fsp3) is 0.385. The van der Waals surface area contributed by atoms with Gasteiger partial charge in [-0.3, -0.25) is 9.59 Å². The van der Waals surface area contributed by atoms with E-state index in [0.717, 1.165) is 5.56 Å². The number of carboxylic acids is 1. The first-order chi connectivity index (χ1) is 9.04. The summed E-state index contributed by atoms with van der Waals surface area (Å²) in [7, 11) is 1.56. The summed E-state index contributed by atoms with van der Waals surface area (Å²) < 4.78 is 5.16. The molecule has 0 aliphatic heterocycles. The molecule has 0 spiro atoms. The molecule has 19 heavy (non-hydrogen) atoms. The quantitative estimate of drug-likeness (QED) is 0.743. The lowest BCUT2D eigenvalue weighted by atomic mass is 10.1. The van der Waals surface area contributed by atoms with Gasteiger partial charge in [-0.2, -0.15) is 0 Å². The Morgan fingerprint density at radius 2 is 2.16 bits per heavy atom. The molecule has 0 atom stereocenters. The minimum atomic E-state index is -0.848. The second kappa shape index (κ2) is 7.68. The Bertz CT molecular complexity index is 462. The number of carbonyl (C=O) groups is 2. The summed E-state index contributed by atoms with van der Waals surface area (Å²) in [5.41, 5.74) is 1.50. The number of amides is 1. The van der Waals surface area contributed by atoms with Gasteiger partial charge in [0.05, 0.1) is 12.9 Å². The van der Waals surface area contributed by atoms with Crippen molar-refractivity contribution in [3.05, 3.63) is 29.3 Å². The number of methoxy groups -OCH3 is 1. The van der Waals surface area contributed by atoms with Gasteiger partial charge in [0, 0.05) is 17.9 Å². The Labute approximate surface area is 116 Å². The number of carboxylic acid groups (broad SMARTS) is 1. The van der Waals surface area contributed by atoms with Crippen LogP contribution in [0.1, 0.15) is 15.9 Å². The normalized spacial score (nSPS) is 10.0. The number of rotatable bonds is 7. The largest absolute Gasteiger partial charge is 0.496 e. The van der Waals surface area contributed by atoms with Crippen LogP contribution in [-0.4, -0.2) is 42.1 Å². The number of aryl methyl sites for hydroxylation is 1. The first-order valence-electron chi connectivity index (χ1n) is 5.77. The molecule has 104 valence electrons. The molecule has 0 aliphatic carbocycles. The molecule has 1 amide bonds. The van der Waals surface area contributed by atoms with Crippen molar-refractivity contribution in [2.45, 2.75) is 6.92 Å². The van der Waals surface area contributed by atoms with Gasteiger partial charge in [0.25, 0.3) is 5.91 Å². The molecule has 0 saturated heterocycles. The van der Waals surface area contributed by atoms with Gasteiger partial charge in [0.15, 0.2) is 0 Å². The van der Waals surface area contributed by atoms with E-state index in [-0.39, 0.29) is 11.7 Å². The van der Waals surface area contributed by atoms with Gasteiger partial charge in [-0.1, -0.05) is 6.07 Å². The highest BCUT2D eigenvalue weighted by molar-refractivity contribution is 7.99. The predicted molar refractivity (Wildman–Crippen MR) is 75.0 cm³/mol. The van der Waals surface area contributed by atoms with Gasteiger partial charge < -0.3 is 15.2 Å². The standard InChI is InChI=1S/C13H17NO4S/c1-9-3-4-10(7-11(9)18-2)13(17)14-5-6-19-8-12(15)16/h3-4,7H,5-6,8H2,1-2H3,(H,14,17)(H,15,16). The number of ether oxygens (including phenoxy) is 1. The van der Waals surface area contributed by atoms with Crippen molar-refractivity contribution >= 4 is 23.6 Å². The Kier molecular flexibility index (Phi) is 6.21. The van der Waals surface area contributed by atoms with Crippen molar-refractivity contribution in [1.29, 1.82) is 0 Å². The van der Waals surface area contributed by atoms with Gasteiger partial charge >= 0.3 is 5.97 Å². The van der Waals surface area contributed by atoms with Crippen molar-refractivity contribution in [2.24, 2.45) is 0 Å². The van der Waals surface area contributed by atoms with Crippen molar-refractivity contribution in [2.75, 3.05) is 25.2 Å². The molecule has 2 N–H and O–H groups in total. The molecule has 0 saturated carbocycles. The van der Waals surface area contributed by atoms with E-state index < -0.39 is 5.97 Å². The summed E-state index contributed by atoms with van der Waals surface area (Å²) in [5, 5.41) is 11.2. The molecule has 1 rings (SSSR count). The topological polar surface area (TPSA) is 75.6 Å². The molecule has 0 heterocycles. The Balaban J connectivity index is 2.43. The van der Waals surface area contributed by atoms with E-state index >= 15 is 0 Å². The number of nitrogens with one attached hydrogen (secondary N) is 1. The summed E-state index contributed by atoms with van der Waals surface area (Å²) in [6.45, 7) is 2.34. The third-order valence-corrected chi connectivity index (χ3v) is 3.37. The lowest BCUT2D eigenvalue weighted by Gasteiger charge is -2.08. The number of hydrogen-bond acceptors (Lipinski definition) is 4. The van der Waals surface area contributed by atoms with Crippen LogP contribution in [0, 0.1) is 6.92 Å². The van der Waals surface area contributed by atoms with Crippen LogP contribution in [0.15, 0.2) is 18.2 Å². The number of benzene rings is 1. The highest BCUT2D eigenvalue weighted by Crippen LogP contribution is 2.18. The van der Waals surface area contributed by atoms with E-state index in [0.29, 0.717) is 23.6 Å². The van der Waals surface area contributed by atoms with E-state index in [1.165, 1.54) is 11.8 Å². The van der Waals surface area contributed by atoms with Crippen molar-refractivity contribution in [3.63, 3.8) is 0 Å². The molecule has 0 aliphatic rings. The molecule has 0 bridgehead atoms. The van der Waals surface area contributed by atoms with Gasteiger partial charge in [0.2, 0.25) is 0 Å². The minimum Gasteiger partial charge on any atom is -0.496 e. The number of carbonyl (C=O) groups excluding carboxylic acids is 1. The SMILES string of the molecule is COc1cc(C(=O)NCCSCC(=O)O)ccc1C. The molecule has 6 heteroatoms. The first kappa shape index (κ1) is 15.4. The van der Waals surface area contributed by atoms with E-state index in [2.05, 4.69) is 5.32 Å². The van der Waals surface area contributed by atoms with Crippen LogP contribution in [-0.2, 0) is 4.79 Å². The van der Waals surface area contributed by atoms with Gasteiger partial charge in [-0.15, -0.1) is 11.8 Å². The number of aliphatic carboxylic acids is 1. The second-order valence-electron chi connectivity index (χ2n) is 3.89. The molecule has 1 aromatic rings. The zero-order valence-electron chi connectivity index (χ0n) is 10.9. The molecule has 1 aromatic carbocycles.